The van der Waals surface area contributed by atoms with Gasteiger partial charge in [-0.1, -0.05) is 41.6 Å². The predicted octanol–water partition coefficient (Wildman–Crippen LogP) is 5.67. The molecule has 7 nitrogen and oxygen atoms in total. The van der Waals surface area contributed by atoms with E-state index in [-0.39, 0.29) is 12.4 Å². The molecule has 0 amide bonds. The third kappa shape index (κ3) is 4.63. The molecule has 0 saturated heterocycles. The van der Waals surface area contributed by atoms with Gasteiger partial charge in [0.2, 0.25) is 5.60 Å². The van der Waals surface area contributed by atoms with Crippen molar-refractivity contribution in [2.45, 2.75) is 44.6 Å². The molecule has 0 spiro atoms. The molecule has 0 bridgehead atoms. The Kier molecular flexibility index (Phi) is 6.37. The van der Waals surface area contributed by atoms with Crippen LogP contribution in [0, 0.1) is 10.7 Å². The van der Waals surface area contributed by atoms with Gasteiger partial charge < -0.3 is 5.11 Å². The summed E-state index contributed by atoms with van der Waals surface area (Å²) in [5.41, 5.74) is -0.625. The van der Waals surface area contributed by atoms with E-state index in [9.17, 15) is 27.6 Å². The number of fused-ring (bicyclic) bond motifs is 1. The lowest BCUT2D eigenvalue weighted by Crippen LogP contribution is -2.42. The van der Waals surface area contributed by atoms with Crippen molar-refractivity contribution in [3.05, 3.63) is 82.4 Å². The Morgan fingerprint density at radius 1 is 1.11 bits per heavy atom. The number of aromatic nitrogens is 4. The average molecular weight is 487 g/mol. The summed E-state index contributed by atoms with van der Waals surface area (Å²) in [4.78, 5) is 15.7. The van der Waals surface area contributed by atoms with Crippen molar-refractivity contribution in [2.24, 2.45) is 5.18 Å². The van der Waals surface area contributed by atoms with Gasteiger partial charge in [-0.25, -0.2) is 9.07 Å². The zero-order chi connectivity index (χ0) is 25.4. The van der Waals surface area contributed by atoms with Crippen molar-refractivity contribution < 1.29 is 22.7 Å². The van der Waals surface area contributed by atoms with Gasteiger partial charge in [-0.05, 0) is 54.3 Å². The second-order valence-electron chi connectivity index (χ2n) is 8.25. The maximum atomic E-state index is 13.4. The molecule has 2 atom stereocenters. The Labute approximate surface area is 197 Å². The van der Waals surface area contributed by atoms with Crippen LogP contribution in [0.4, 0.5) is 17.6 Å². The van der Waals surface area contributed by atoms with Crippen molar-refractivity contribution in [1.82, 2.24) is 20.0 Å². The minimum atomic E-state index is -4.90. The van der Waals surface area contributed by atoms with Crippen LogP contribution < -0.4 is 0 Å². The van der Waals surface area contributed by atoms with Gasteiger partial charge in [-0.3, -0.25) is 4.98 Å². The Morgan fingerprint density at radius 2 is 1.83 bits per heavy atom. The first-order valence-corrected chi connectivity index (χ1v) is 10.8. The summed E-state index contributed by atoms with van der Waals surface area (Å²) in [7, 11) is 0. The van der Waals surface area contributed by atoms with E-state index in [1.165, 1.54) is 23.7 Å². The second kappa shape index (κ2) is 9.14. The Hall–Kier alpha value is -3.73. The van der Waals surface area contributed by atoms with Gasteiger partial charge in [0.1, 0.15) is 17.6 Å². The maximum Gasteiger partial charge on any atom is 0.423 e. The SMILES string of the molecule is CCC(O)(c1cn(Cc2ccc3c(-c4ccc(F)cc4)cc(C(C)N=O)nc3c2)nn1)C(F)(F)F. The normalized spacial score (nSPS) is 14.6. The Balaban J connectivity index is 1.74. The molecular weight excluding hydrogens is 466 g/mol. The van der Waals surface area contributed by atoms with Crippen LogP contribution in [0.15, 0.2) is 59.9 Å². The summed E-state index contributed by atoms with van der Waals surface area (Å²) in [6.45, 7) is 2.89. The Morgan fingerprint density at radius 3 is 2.46 bits per heavy atom. The molecule has 0 aliphatic carbocycles. The summed E-state index contributed by atoms with van der Waals surface area (Å²) in [6, 6.07) is 12.2. The van der Waals surface area contributed by atoms with E-state index < -0.39 is 29.9 Å². The van der Waals surface area contributed by atoms with Crippen molar-refractivity contribution in [3.8, 4) is 11.1 Å². The zero-order valence-corrected chi connectivity index (χ0v) is 18.8. The van der Waals surface area contributed by atoms with Crippen molar-refractivity contribution >= 4 is 10.9 Å². The van der Waals surface area contributed by atoms with E-state index in [2.05, 4.69) is 20.5 Å². The van der Waals surface area contributed by atoms with Crippen LogP contribution in [0.3, 0.4) is 0 Å². The molecule has 0 fully saturated rings. The number of hydrogen-bond acceptors (Lipinski definition) is 6. The fourth-order valence-corrected chi connectivity index (χ4v) is 3.81. The standard InChI is InChI=1S/C24H21F4N5O2/c1-3-23(34,24(26,27)28)22-13-33(32-30-22)12-15-4-9-18-19(16-5-7-17(25)8-6-16)11-20(14(2)31-35)29-21(18)10-15/h4-11,13-14,34H,3,12H2,1-2H3. The predicted molar refractivity (Wildman–Crippen MR) is 121 cm³/mol. The van der Waals surface area contributed by atoms with E-state index in [0.29, 0.717) is 16.8 Å². The van der Waals surface area contributed by atoms with Gasteiger partial charge in [-0.15, -0.1) is 5.10 Å². The fourth-order valence-electron chi connectivity index (χ4n) is 3.81. The topological polar surface area (TPSA) is 93.3 Å². The summed E-state index contributed by atoms with van der Waals surface area (Å²) >= 11 is 0. The zero-order valence-electron chi connectivity index (χ0n) is 18.8. The van der Waals surface area contributed by atoms with Gasteiger partial charge in [0.15, 0.2) is 0 Å². The largest absolute Gasteiger partial charge is 0.423 e. The van der Waals surface area contributed by atoms with E-state index in [1.807, 2.05) is 0 Å². The third-order valence-electron chi connectivity index (χ3n) is 5.92. The van der Waals surface area contributed by atoms with Crippen LogP contribution in [-0.4, -0.2) is 31.3 Å². The molecule has 2 aromatic carbocycles. The first-order chi connectivity index (χ1) is 16.6. The molecule has 4 aromatic rings. The maximum absolute atomic E-state index is 13.4. The molecule has 11 heteroatoms. The molecule has 2 unspecified atom stereocenters. The van der Waals surface area contributed by atoms with E-state index in [0.717, 1.165) is 22.7 Å². The van der Waals surface area contributed by atoms with Crippen LogP contribution >= 0.6 is 0 Å². The molecule has 0 aliphatic heterocycles. The summed E-state index contributed by atoms with van der Waals surface area (Å²) in [6.07, 6.45) is -4.44. The molecule has 1 N–H and O–H groups in total. The number of hydrogen-bond donors (Lipinski definition) is 1. The second-order valence-corrected chi connectivity index (χ2v) is 8.25. The molecule has 2 heterocycles. The lowest BCUT2D eigenvalue weighted by molar-refractivity contribution is -0.269. The molecule has 35 heavy (non-hydrogen) atoms. The fraction of sp³-hybridized carbons (Fsp3) is 0.292. The van der Waals surface area contributed by atoms with Gasteiger partial charge in [0.25, 0.3) is 0 Å². The van der Waals surface area contributed by atoms with Crippen LogP contribution in [-0.2, 0) is 12.1 Å². The number of rotatable bonds is 7. The molecule has 0 saturated carbocycles. The van der Waals surface area contributed by atoms with Gasteiger partial charge in [-0.2, -0.15) is 18.1 Å². The van der Waals surface area contributed by atoms with Crippen LogP contribution in [0.1, 0.15) is 43.3 Å². The highest BCUT2D eigenvalue weighted by Gasteiger charge is 2.55. The van der Waals surface area contributed by atoms with E-state index in [1.54, 1.807) is 43.3 Å². The number of alkyl halides is 3. The molecule has 4 rings (SSSR count). The lowest BCUT2D eigenvalue weighted by Gasteiger charge is -2.26. The molecule has 2 aromatic heterocycles. The minimum absolute atomic E-state index is 0.0693. The minimum Gasteiger partial charge on any atom is -0.375 e. The summed E-state index contributed by atoms with van der Waals surface area (Å²) in [5.74, 6) is -0.384. The van der Waals surface area contributed by atoms with Crippen molar-refractivity contribution in [1.29, 1.82) is 0 Å². The molecule has 0 aliphatic rings. The first kappa shape index (κ1) is 24.4. The number of aliphatic hydroxyl groups is 1. The van der Waals surface area contributed by atoms with Crippen LogP contribution in [0.25, 0.3) is 22.0 Å². The highest BCUT2D eigenvalue weighted by molar-refractivity contribution is 5.95. The summed E-state index contributed by atoms with van der Waals surface area (Å²) in [5, 5.41) is 21.2. The van der Waals surface area contributed by atoms with Gasteiger partial charge >= 0.3 is 6.18 Å². The van der Waals surface area contributed by atoms with E-state index >= 15 is 0 Å². The first-order valence-electron chi connectivity index (χ1n) is 10.8. The van der Waals surface area contributed by atoms with Crippen molar-refractivity contribution in [3.63, 3.8) is 0 Å². The monoisotopic (exact) mass is 487 g/mol. The highest BCUT2D eigenvalue weighted by atomic mass is 19.4. The summed E-state index contributed by atoms with van der Waals surface area (Å²) < 4.78 is 54.7. The Bertz CT molecular complexity index is 1370. The van der Waals surface area contributed by atoms with Crippen LogP contribution in [0.2, 0.25) is 0 Å². The molecular formula is C24H21F4N5O2. The smallest absolute Gasteiger partial charge is 0.375 e. The number of nitroso groups, excluding NO2 is 1. The van der Waals surface area contributed by atoms with Gasteiger partial charge in [0.05, 0.1) is 24.0 Å². The number of pyridine rings is 1. The molecule has 0 radical (unpaired) electrons. The third-order valence-corrected chi connectivity index (χ3v) is 5.92. The quantitative estimate of drug-likeness (QED) is 0.268. The number of benzene rings is 2. The van der Waals surface area contributed by atoms with Crippen molar-refractivity contribution in [2.75, 3.05) is 0 Å². The van der Waals surface area contributed by atoms with E-state index in [4.69, 9.17) is 0 Å². The average Bonchev–Trinajstić information content (AvgIpc) is 3.30. The number of nitrogens with zero attached hydrogens (tertiary/aromatic N) is 5. The number of halogens is 4. The highest BCUT2D eigenvalue weighted by Crippen LogP contribution is 2.40. The lowest BCUT2D eigenvalue weighted by atomic mass is 9.96. The van der Waals surface area contributed by atoms with Crippen LogP contribution in [0.5, 0.6) is 0 Å². The van der Waals surface area contributed by atoms with Gasteiger partial charge in [0, 0.05) is 5.39 Å². The molecule has 182 valence electrons.